The number of hydrogen-bond acceptors (Lipinski definition) is 7. The topological polar surface area (TPSA) is 111 Å². The zero-order chi connectivity index (χ0) is 17.1. The van der Waals surface area contributed by atoms with Crippen molar-refractivity contribution in [2.75, 3.05) is 44.7 Å². The maximum atomic E-state index is 12.1. The normalized spacial score (nSPS) is 15.5. The summed E-state index contributed by atoms with van der Waals surface area (Å²) in [6.45, 7) is 4.88. The third-order valence-electron chi connectivity index (χ3n) is 3.77. The van der Waals surface area contributed by atoms with Crippen molar-refractivity contribution in [1.29, 1.82) is 0 Å². The molecule has 126 valence electrons. The predicted molar refractivity (Wildman–Crippen MR) is 82.4 cm³/mol. The number of rotatable bonds is 5. The highest BCUT2D eigenvalue weighted by Gasteiger charge is 2.31. The van der Waals surface area contributed by atoms with Gasteiger partial charge in [-0.2, -0.15) is 0 Å². The molecule has 9 heteroatoms. The molecule has 1 aliphatic rings. The van der Waals surface area contributed by atoms with Crippen molar-refractivity contribution in [2.45, 2.75) is 6.92 Å². The smallest absolute Gasteiger partial charge is 0.357 e. The molecule has 0 aliphatic carbocycles. The van der Waals surface area contributed by atoms with E-state index in [0.29, 0.717) is 19.0 Å². The van der Waals surface area contributed by atoms with Crippen LogP contribution in [0.5, 0.6) is 0 Å². The fourth-order valence-corrected chi connectivity index (χ4v) is 2.48. The molecule has 0 bridgehead atoms. The number of ether oxygens (including phenoxy) is 1. The van der Waals surface area contributed by atoms with Crippen LogP contribution < -0.4 is 10.6 Å². The van der Waals surface area contributed by atoms with Crippen LogP contribution in [0.4, 0.5) is 5.95 Å². The number of imidazole rings is 1. The molecule has 1 aromatic rings. The molecule has 2 heterocycles. The SMILES string of the molecule is CCOC(=O)c1c(C(=O)C(N)=O)nc(N2CCN(C)CC2)n1C. The number of carbonyl (C=O) groups excluding carboxylic acids is 3. The van der Waals surface area contributed by atoms with Crippen molar-refractivity contribution < 1.29 is 19.1 Å². The molecule has 1 fully saturated rings. The van der Waals surface area contributed by atoms with Gasteiger partial charge in [-0.3, -0.25) is 9.59 Å². The van der Waals surface area contributed by atoms with Crippen LogP contribution in [0.25, 0.3) is 0 Å². The number of primary amides is 1. The van der Waals surface area contributed by atoms with Gasteiger partial charge in [0.05, 0.1) is 6.61 Å². The van der Waals surface area contributed by atoms with E-state index in [9.17, 15) is 14.4 Å². The molecule has 0 atom stereocenters. The lowest BCUT2D eigenvalue weighted by molar-refractivity contribution is -0.114. The van der Waals surface area contributed by atoms with Crippen LogP contribution in [0.2, 0.25) is 0 Å². The number of amides is 1. The first-order valence-corrected chi connectivity index (χ1v) is 7.38. The number of likely N-dealkylation sites (N-methyl/N-ethyl adjacent to an activating group) is 1. The van der Waals surface area contributed by atoms with Crippen molar-refractivity contribution >= 4 is 23.6 Å². The van der Waals surface area contributed by atoms with Crippen LogP contribution in [0.1, 0.15) is 27.9 Å². The van der Waals surface area contributed by atoms with E-state index in [-0.39, 0.29) is 18.0 Å². The van der Waals surface area contributed by atoms with Crippen LogP contribution in [-0.2, 0) is 16.6 Å². The summed E-state index contributed by atoms with van der Waals surface area (Å²) in [5, 5.41) is 0. The molecule has 2 N–H and O–H groups in total. The number of piperazine rings is 1. The molecule has 0 saturated carbocycles. The quantitative estimate of drug-likeness (QED) is 0.421. The summed E-state index contributed by atoms with van der Waals surface area (Å²) in [6.07, 6.45) is 0. The minimum atomic E-state index is -1.15. The number of carbonyl (C=O) groups is 3. The number of ketones is 1. The number of anilines is 1. The Morgan fingerprint density at radius 2 is 1.78 bits per heavy atom. The monoisotopic (exact) mass is 323 g/mol. The molecule has 0 radical (unpaired) electrons. The number of nitrogens with two attached hydrogens (primary N) is 1. The summed E-state index contributed by atoms with van der Waals surface area (Å²) in [6, 6.07) is 0. The maximum Gasteiger partial charge on any atom is 0.357 e. The second-order valence-electron chi connectivity index (χ2n) is 5.37. The van der Waals surface area contributed by atoms with Crippen molar-refractivity contribution in [3.63, 3.8) is 0 Å². The molecule has 0 aromatic carbocycles. The van der Waals surface area contributed by atoms with E-state index in [1.807, 2.05) is 11.9 Å². The number of esters is 1. The molecular weight excluding hydrogens is 302 g/mol. The lowest BCUT2D eigenvalue weighted by Crippen LogP contribution is -2.45. The molecule has 0 unspecified atom stereocenters. The zero-order valence-corrected chi connectivity index (χ0v) is 13.5. The summed E-state index contributed by atoms with van der Waals surface area (Å²) in [5.41, 5.74) is 4.75. The van der Waals surface area contributed by atoms with Crippen molar-refractivity contribution in [1.82, 2.24) is 14.5 Å². The molecule has 9 nitrogen and oxygen atoms in total. The number of nitrogens with zero attached hydrogens (tertiary/aromatic N) is 4. The average molecular weight is 323 g/mol. The van der Waals surface area contributed by atoms with Gasteiger partial charge >= 0.3 is 5.97 Å². The van der Waals surface area contributed by atoms with Gasteiger partial charge in [-0.1, -0.05) is 0 Å². The van der Waals surface area contributed by atoms with Crippen LogP contribution >= 0.6 is 0 Å². The molecule has 1 aliphatic heterocycles. The Labute approximate surface area is 134 Å². The second-order valence-corrected chi connectivity index (χ2v) is 5.37. The Morgan fingerprint density at radius 3 is 2.30 bits per heavy atom. The standard InChI is InChI=1S/C14H21N5O4/c1-4-23-13(22)10-9(11(20)12(15)21)16-14(18(10)3)19-7-5-17(2)6-8-19/h4-8H2,1-3H3,(H2,15,21). The minimum absolute atomic E-state index is 0.0513. The van der Waals surface area contributed by atoms with Crippen LogP contribution in [0.3, 0.4) is 0 Å². The van der Waals surface area contributed by atoms with E-state index in [1.54, 1.807) is 14.0 Å². The molecule has 2 rings (SSSR count). The summed E-state index contributed by atoms with van der Waals surface area (Å²) in [7, 11) is 3.63. The van der Waals surface area contributed by atoms with Crippen LogP contribution in [0.15, 0.2) is 0 Å². The summed E-state index contributed by atoms with van der Waals surface area (Å²) in [5.74, 6) is -2.40. The van der Waals surface area contributed by atoms with E-state index in [1.165, 1.54) is 4.57 Å². The highest BCUT2D eigenvalue weighted by Crippen LogP contribution is 2.21. The van der Waals surface area contributed by atoms with Gasteiger partial charge in [0.2, 0.25) is 5.95 Å². The van der Waals surface area contributed by atoms with E-state index in [0.717, 1.165) is 13.1 Å². The van der Waals surface area contributed by atoms with Crippen LogP contribution in [-0.4, -0.2) is 71.9 Å². The Kier molecular flexibility index (Phi) is 4.99. The Balaban J connectivity index is 2.44. The first-order chi connectivity index (χ1) is 10.9. The first-order valence-electron chi connectivity index (χ1n) is 7.38. The number of Topliss-reactive ketones (excluding diaryl/α,β-unsaturated/α-hetero) is 1. The molecule has 1 aromatic heterocycles. The summed E-state index contributed by atoms with van der Waals surface area (Å²) >= 11 is 0. The van der Waals surface area contributed by atoms with Gasteiger partial charge in [-0.15, -0.1) is 0 Å². The summed E-state index contributed by atoms with van der Waals surface area (Å²) in [4.78, 5) is 43.7. The number of hydrogen-bond donors (Lipinski definition) is 1. The molecular formula is C14H21N5O4. The lowest BCUT2D eigenvalue weighted by Gasteiger charge is -2.33. The highest BCUT2D eigenvalue weighted by atomic mass is 16.5. The fourth-order valence-electron chi connectivity index (χ4n) is 2.48. The first kappa shape index (κ1) is 16.9. The minimum Gasteiger partial charge on any atom is -0.461 e. The fraction of sp³-hybridized carbons (Fsp3) is 0.571. The number of aromatic nitrogens is 2. The third kappa shape index (κ3) is 3.34. The maximum absolute atomic E-state index is 12.1. The van der Waals surface area contributed by atoms with Crippen molar-refractivity contribution in [3.8, 4) is 0 Å². The molecule has 1 amide bonds. The van der Waals surface area contributed by atoms with Gasteiger partial charge in [0.15, 0.2) is 11.4 Å². The van der Waals surface area contributed by atoms with Gasteiger partial charge in [0.1, 0.15) is 0 Å². The van der Waals surface area contributed by atoms with E-state index < -0.39 is 17.7 Å². The Hall–Kier alpha value is -2.42. The summed E-state index contributed by atoms with van der Waals surface area (Å²) < 4.78 is 6.45. The van der Waals surface area contributed by atoms with Gasteiger partial charge in [-0.05, 0) is 14.0 Å². The van der Waals surface area contributed by atoms with Gasteiger partial charge in [0.25, 0.3) is 11.7 Å². The molecule has 23 heavy (non-hydrogen) atoms. The lowest BCUT2D eigenvalue weighted by atomic mass is 10.2. The molecule has 1 saturated heterocycles. The second kappa shape index (κ2) is 6.78. The highest BCUT2D eigenvalue weighted by molar-refractivity contribution is 6.42. The third-order valence-corrected chi connectivity index (χ3v) is 3.77. The Morgan fingerprint density at radius 1 is 1.17 bits per heavy atom. The largest absolute Gasteiger partial charge is 0.461 e. The van der Waals surface area contributed by atoms with Gasteiger partial charge in [0, 0.05) is 33.2 Å². The van der Waals surface area contributed by atoms with E-state index in [4.69, 9.17) is 10.5 Å². The van der Waals surface area contributed by atoms with Crippen LogP contribution in [0, 0.1) is 0 Å². The zero-order valence-electron chi connectivity index (χ0n) is 13.5. The van der Waals surface area contributed by atoms with E-state index >= 15 is 0 Å². The Bertz CT molecular complexity index is 631. The average Bonchev–Trinajstić information content (AvgIpc) is 2.85. The van der Waals surface area contributed by atoms with Gasteiger partial charge < -0.3 is 24.8 Å². The van der Waals surface area contributed by atoms with Crippen molar-refractivity contribution in [3.05, 3.63) is 11.4 Å². The van der Waals surface area contributed by atoms with Gasteiger partial charge in [-0.25, -0.2) is 9.78 Å². The van der Waals surface area contributed by atoms with E-state index in [2.05, 4.69) is 9.88 Å². The predicted octanol–water partition coefficient (Wildman–Crippen LogP) is -0.983. The van der Waals surface area contributed by atoms with Crippen molar-refractivity contribution in [2.24, 2.45) is 12.8 Å². The molecule has 0 spiro atoms.